The van der Waals surface area contributed by atoms with Crippen LogP contribution in [-0.2, 0) is 6.54 Å². The lowest BCUT2D eigenvalue weighted by Crippen LogP contribution is -2.30. The second-order valence-electron chi connectivity index (χ2n) is 3.15. The molecule has 0 aromatic carbocycles. The molecule has 0 atom stereocenters. The Bertz CT molecular complexity index is 393. The van der Waals surface area contributed by atoms with Crippen molar-refractivity contribution in [1.82, 2.24) is 4.98 Å². The van der Waals surface area contributed by atoms with Gasteiger partial charge in [0.15, 0.2) is 12.4 Å². The predicted molar refractivity (Wildman–Crippen MR) is 66.9 cm³/mol. The largest absolute Gasteiger partial charge is 0.265 e. The summed E-state index contributed by atoms with van der Waals surface area (Å²) in [5.41, 5.74) is 2.44. The molecule has 0 bridgehead atoms. The molecule has 2 aromatic heterocycles. The first-order chi connectivity index (χ1) is 7.90. The Kier molecular flexibility index (Phi) is 5.20. The van der Waals surface area contributed by atoms with Crippen LogP contribution in [0.4, 0.5) is 0 Å². The molecular weight excluding hydrogens is 196 g/mol. The number of aryl methyl sites for hydroxylation is 1. The Morgan fingerprint density at radius 1 is 0.938 bits per heavy atom. The molecule has 0 saturated carbocycles. The fraction of sp³-hybridized carbons (Fsp3) is 0.286. The summed E-state index contributed by atoms with van der Waals surface area (Å²) < 4.78 is 2.14. The lowest BCUT2D eigenvalue weighted by atomic mass is 10.1. The molecule has 0 saturated heterocycles. The molecule has 2 nitrogen and oxygen atoms in total. The van der Waals surface area contributed by atoms with Gasteiger partial charge in [-0.05, 0) is 30.2 Å². The highest BCUT2D eigenvalue weighted by molar-refractivity contribution is 5.61. The summed E-state index contributed by atoms with van der Waals surface area (Å²) in [5.74, 6) is 0. The van der Waals surface area contributed by atoms with Crippen molar-refractivity contribution in [2.45, 2.75) is 27.3 Å². The number of nitrogens with zero attached hydrogens (tertiary/aromatic N) is 2. The van der Waals surface area contributed by atoms with Crippen LogP contribution in [0.25, 0.3) is 11.1 Å². The topological polar surface area (TPSA) is 16.8 Å². The zero-order valence-corrected chi connectivity index (χ0v) is 10.2. The van der Waals surface area contributed by atoms with E-state index in [1.807, 2.05) is 38.4 Å². The van der Waals surface area contributed by atoms with Crippen molar-refractivity contribution in [1.29, 1.82) is 0 Å². The minimum absolute atomic E-state index is 1.01. The van der Waals surface area contributed by atoms with E-state index >= 15 is 0 Å². The first-order valence-electron chi connectivity index (χ1n) is 5.79. The molecule has 0 amide bonds. The summed E-state index contributed by atoms with van der Waals surface area (Å²) in [5, 5.41) is 0. The van der Waals surface area contributed by atoms with E-state index in [1.54, 1.807) is 0 Å². The number of aromatic nitrogens is 2. The molecule has 0 spiro atoms. The van der Waals surface area contributed by atoms with Gasteiger partial charge in [0.25, 0.3) is 0 Å². The second kappa shape index (κ2) is 6.72. The van der Waals surface area contributed by atoms with Gasteiger partial charge < -0.3 is 0 Å². The highest BCUT2D eigenvalue weighted by Gasteiger charge is 1.99. The monoisotopic (exact) mass is 215 g/mol. The molecule has 0 N–H and O–H groups in total. The zero-order chi connectivity index (χ0) is 11.8. The maximum Gasteiger partial charge on any atom is 0.169 e. The van der Waals surface area contributed by atoms with E-state index in [4.69, 9.17) is 0 Å². The third kappa shape index (κ3) is 3.16. The van der Waals surface area contributed by atoms with Gasteiger partial charge in [0, 0.05) is 24.5 Å². The molecule has 2 heterocycles. The van der Waals surface area contributed by atoms with Crippen LogP contribution in [0.1, 0.15) is 20.8 Å². The van der Waals surface area contributed by atoms with E-state index in [-0.39, 0.29) is 0 Å². The van der Waals surface area contributed by atoms with Crippen LogP contribution >= 0.6 is 0 Å². The molecule has 2 rings (SSSR count). The quantitative estimate of drug-likeness (QED) is 0.703. The normalized spacial score (nSPS) is 9.19. The van der Waals surface area contributed by atoms with E-state index in [1.165, 1.54) is 11.1 Å². The second-order valence-corrected chi connectivity index (χ2v) is 3.15. The fourth-order valence-corrected chi connectivity index (χ4v) is 1.40. The van der Waals surface area contributed by atoms with Crippen molar-refractivity contribution in [3.63, 3.8) is 0 Å². The smallest absolute Gasteiger partial charge is 0.169 e. The van der Waals surface area contributed by atoms with Crippen LogP contribution in [0.5, 0.6) is 0 Å². The Hall–Kier alpha value is -1.70. The lowest BCUT2D eigenvalue weighted by molar-refractivity contribution is -0.693. The summed E-state index contributed by atoms with van der Waals surface area (Å²) >= 11 is 0. The van der Waals surface area contributed by atoms with Crippen molar-refractivity contribution < 1.29 is 4.57 Å². The van der Waals surface area contributed by atoms with Gasteiger partial charge in [-0.3, -0.25) is 4.98 Å². The van der Waals surface area contributed by atoms with Crippen molar-refractivity contribution in [3.05, 3.63) is 49.1 Å². The van der Waals surface area contributed by atoms with E-state index in [9.17, 15) is 0 Å². The van der Waals surface area contributed by atoms with Gasteiger partial charge in [-0.15, -0.1) is 0 Å². The molecule has 84 valence electrons. The minimum Gasteiger partial charge on any atom is -0.265 e. The van der Waals surface area contributed by atoms with Gasteiger partial charge in [-0.25, -0.2) is 4.57 Å². The first-order valence-corrected chi connectivity index (χ1v) is 5.79. The summed E-state index contributed by atoms with van der Waals surface area (Å²) in [7, 11) is 0. The Balaban J connectivity index is 0.000000606. The van der Waals surface area contributed by atoms with Gasteiger partial charge in [0.1, 0.15) is 6.54 Å². The van der Waals surface area contributed by atoms with Gasteiger partial charge in [-0.2, -0.15) is 0 Å². The summed E-state index contributed by atoms with van der Waals surface area (Å²) in [6.07, 6.45) is 7.82. The zero-order valence-electron chi connectivity index (χ0n) is 10.2. The third-order valence-electron chi connectivity index (χ3n) is 2.27. The molecule has 0 fully saturated rings. The molecule has 0 unspecified atom stereocenters. The number of pyridine rings is 2. The summed E-state index contributed by atoms with van der Waals surface area (Å²) in [4.78, 5) is 4.00. The van der Waals surface area contributed by atoms with E-state index < -0.39 is 0 Å². The van der Waals surface area contributed by atoms with Crippen LogP contribution in [-0.4, -0.2) is 4.98 Å². The van der Waals surface area contributed by atoms with Crippen molar-refractivity contribution >= 4 is 0 Å². The minimum atomic E-state index is 1.01. The van der Waals surface area contributed by atoms with Gasteiger partial charge >= 0.3 is 0 Å². The van der Waals surface area contributed by atoms with Crippen molar-refractivity contribution in [2.75, 3.05) is 0 Å². The SMILES string of the molecule is CC.CC[n+]1ccc(-c2ccncc2)cc1. The Labute approximate surface area is 97.6 Å². The van der Waals surface area contributed by atoms with Crippen molar-refractivity contribution in [3.8, 4) is 11.1 Å². The van der Waals surface area contributed by atoms with Gasteiger partial charge in [0.2, 0.25) is 0 Å². The standard InChI is InChI=1S/C12H13N2.C2H6/c1-2-14-9-5-12(6-10-14)11-3-7-13-8-4-11;1-2/h3-10H,2H2,1H3;1-2H3/q+1;. The number of hydrogen-bond acceptors (Lipinski definition) is 1. The highest BCUT2D eigenvalue weighted by atomic mass is 14.9. The average molecular weight is 215 g/mol. The molecule has 0 aliphatic carbocycles. The molecule has 0 radical (unpaired) electrons. The fourth-order valence-electron chi connectivity index (χ4n) is 1.40. The van der Waals surface area contributed by atoms with Crippen LogP contribution in [0, 0.1) is 0 Å². The highest BCUT2D eigenvalue weighted by Crippen LogP contribution is 2.15. The molecule has 16 heavy (non-hydrogen) atoms. The number of hydrogen-bond donors (Lipinski definition) is 0. The molecule has 0 aliphatic heterocycles. The molecule has 2 aromatic rings. The van der Waals surface area contributed by atoms with E-state index in [2.05, 4.69) is 41.0 Å². The predicted octanol–water partition coefficient (Wildman–Crippen LogP) is 3.08. The van der Waals surface area contributed by atoms with Crippen LogP contribution in [0.3, 0.4) is 0 Å². The molecule has 2 heteroatoms. The van der Waals surface area contributed by atoms with E-state index in [0.29, 0.717) is 0 Å². The van der Waals surface area contributed by atoms with Crippen molar-refractivity contribution in [2.24, 2.45) is 0 Å². The number of rotatable bonds is 2. The summed E-state index contributed by atoms with van der Waals surface area (Å²) in [6, 6.07) is 8.29. The first kappa shape index (κ1) is 12.4. The maximum atomic E-state index is 4.00. The molecular formula is C14H19N2+. The Morgan fingerprint density at radius 2 is 1.44 bits per heavy atom. The van der Waals surface area contributed by atoms with Crippen LogP contribution < -0.4 is 4.57 Å². The van der Waals surface area contributed by atoms with Crippen LogP contribution in [0.15, 0.2) is 49.1 Å². The average Bonchev–Trinajstić information content (AvgIpc) is 2.42. The van der Waals surface area contributed by atoms with Gasteiger partial charge in [-0.1, -0.05) is 13.8 Å². The molecule has 0 aliphatic rings. The lowest BCUT2D eigenvalue weighted by Gasteiger charge is -1.98. The third-order valence-corrected chi connectivity index (χ3v) is 2.27. The van der Waals surface area contributed by atoms with Crippen LogP contribution in [0.2, 0.25) is 0 Å². The Morgan fingerprint density at radius 3 is 1.94 bits per heavy atom. The summed E-state index contributed by atoms with van der Waals surface area (Å²) in [6.45, 7) is 7.14. The maximum absolute atomic E-state index is 4.00. The van der Waals surface area contributed by atoms with E-state index in [0.717, 1.165) is 6.54 Å². The van der Waals surface area contributed by atoms with Gasteiger partial charge in [0.05, 0.1) is 0 Å².